The fourth-order valence-electron chi connectivity index (χ4n) is 6.61. The summed E-state index contributed by atoms with van der Waals surface area (Å²) in [5.74, 6) is 5.12. The molecule has 1 aliphatic heterocycles. The molecule has 0 amide bonds. The van der Waals surface area contributed by atoms with Gasteiger partial charge in [0.05, 0.1) is 95.9 Å². The Balaban J connectivity index is 1.51. The Morgan fingerprint density at radius 1 is 0.531 bits per heavy atom. The van der Waals surface area contributed by atoms with Crippen molar-refractivity contribution in [2.75, 3.05) is 61.9 Å². The van der Waals surface area contributed by atoms with Crippen molar-refractivity contribution in [3.63, 3.8) is 0 Å². The topological polar surface area (TPSA) is 89.4 Å². The zero-order valence-electron chi connectivity index (χ0n) is 29.0. The molecule has 1 atom stereocenters. The fourth-order valence-corrected chi connectivity index (χ4v) is 6.61. The number of nitrogens with zero attached hydrogens (tertiary/aromatic N) is 2. The molecule has 0 spiro atoms. The summed E-state index contributed by atoms with van der Waals surface area (Å²) in [6.45, 7) is 0. The number of rotatable bonds is 12. The molecule has 5 aromatic rings. The molecule has 0 aromatic heterocycles. The van der Waals surface area contributed by atoms with Crippen molar-refractivity contribution in [3.05, 3.63) is 83.9 Å². The quantitative estimate of drug-likeness (QED) is 0.131. The molecular formula is C39H40N2O8. The van der Waals surface area contributed by atoms with Crippen LogP contribution in [0.15, 0.2) is 77.9 Å². The van der Waals surface area contributed by atoms with Crippen molar-refractivity contribution in [2.24, 2.45) is 5.10 Å². The van der Waals surface area contributed by atoms with E-state index in [9.17, 15) is 0 Å². The standard InChI is InChI=1S/C39H40N2O8/c1-42-28-16-18-30(44-3)36-34(28)32(46-5)20-23(38(36)48-7)14-15-24-21-27(41(40-24)25-12-10-9-11-13-25)26-22-33(47-6)35-29(43-2)17-19-31(45-4)37(35)39(26)49-8/h9-20,22,27H,21H2,1-8H3/b15-14+. The Hall–Kier alpha value is -5.77. The highest BCUT2D eigenvalue weighted by Gasteiger charge is 2.33. The van der Waals surface area contributed by atoms with Gasteiger partial charge >= 0.3 is 0 Å². The number of allylic oxidation sites excluding steroid dienone is 1. The first-order valence-corrected chi connectivity index (χ1v) is 15.7. The predicted octanol–water partition coefficient (Wildman–Crippen LogP) is 8.08. The third-order valence-corrected chi connectivity index (χ3v) is 8.80. The van der Waals surface area contributed by atoms with Crippen molar-refractivity contribution in [2.45, 2.75) is 12.5 Å². The van der Waals surface area contributed by atoms with Crippen molar-refractivity contribution >= 4 is 39.0 Å². The zero-order chi connectivity index (χ0) is 34.7. The average Bonchev–Trinajstić information content (AvgIpc) is 3.59. The molecule has 0 aliphatic carbocycles. The number of hydrogen-bond acceptors (Lipinski definition) is 10. The Morgan fingerprint density at radius 3 is 1.53 bits per heavy atom. The van der Waals surface area contributed by atoms with Crippen molar-refractivity contribution < 1.29 is 37.9 Å². The number of para-hydroxylation sites is 1. The van der Waals surface area contributed by atoms with E-state index in [0.717, 1.165) is 44.1 Å². The minimum Gasteiger partial charge on any atom is -0.496 e. The molecule has 6 rings (SSSR count). The van der Waals surface area contributed by atoms with Crippen LogP contribution in [0.25, 0.3) is 27.6 Å². The van der Waals surface area contributed by atoms with Gasteiger partial charge in [-0.25, -0.2) is 0 Å². The predicted molar refractivity (Wildman–Crippen MR) is 193 cm³/mol. The molecule has 0 saturated carbocycles. The summed E-state index contributed by atoms with van der Waals surface area (Å²) >= 11 is 0. The van der Waals surface area contributed by atoms with Gasteiger partial charge in [-0.05, 0) is 60.7 Å². The van der Waals surface area contributed by atoms with Gasteiger partial charge in [-0.15, -0.1) is 0 Å². The van der Waals surface area contributed by atoms with Crippen LogP contribution in [-0.2, 0) is 0 Å². The van der Waals surface area contributed by atoms with Crippen LogP contribution in [0.3, 0.4) is 0 Å². The lowest BCUT2D eigenvalue weighted by Gasteiger charge is -2.27. The fraction of sp³-hybridized carbons (Fsp3) is 0.256. The second kappa shape index (κ2) is 14.1. The van der Waals surface area contributed by atoms with Gasteiger partial charge in [0, 0.05) is 17.5 Å². The number of anilines is 1. The third-order valence-electron chi connectivity index (χ3n) is 8.80. The largest absolute Gasteiger partial charge is 0.496 e. The molecule has 0 saturated heterocycles. The highest BCUT2D eigenvalue weighted by Crippen LogP contribution is 2.51. The number of methoxy groups -OCH3 is 8. The van der Waals surface area contributed by atoms with Gasteiger partial charge < -0.3 is 37.9 Å². The molecule has 0 radical (unpaired) electrons. The van der Waals surface area contributed by atoms with Crippen molar-refractivity contribution in [1.29, 1.82) is 0 Å². The molecule has 0 N–H and O–H groups in total. The number of ether oxygens (including phenoxy) is 8. The van der Waals surface area contributed by atoms with Gasteiger partial charge in [0.25, 0.3) is 0 Å². The molecule has 0 fully saturated rings. The summed E-state index contributed by atoms with van der Waals surface area (Å²) in [7, 11) is 13.1. The van der Waals surface area contributed by atoms with Crippen molar-refractivity contribution in [3.8, 4) is 46.0 Å². The van der Waals surface area contributed by atoms with Crippen LogP contribution in [-0.4, -0.2) is 62.6 Å². The average molecular weight is 665 g/mol. The lowest BCUT2D eigenvalue weighted by atomic mass is 9.94. The molecule has 254 valence electrons. The van der Waals surface area contributed by atoms with Gasteiger partial charge in [0.2, 0.25) is 0 Å². The zero-order valence-corrected chi connectivity index (χ0v) is 29.0. The molecule has 49 heavy (non-hydrogen) atoms. The number of hydrazone groups is 1. The van der Waals surface area contributed by atoms with Crippen LogP contribution in [0.5, 0.6) is 46.0 Å². The summed E-state index contributed by atoms with van der Waals surface area (Å²) in [6.07, 6.45) is 4.54. The number of hydrogen-bond donors (Lipinski definition) is 0. The van der Waals surface area contributed by atoms with E-state index < -0.39 is 0 Å². The summed E-state index contributed by atoms with van der Waals surface area (Å²) in [6, 6.07) is 21.2. The Bertz CT molecular complexity index is 2060. The lowest BCUT2D eigenvalue weighted by molar-refractivity contribution is 0.388. The first-order chi connectivity index (χ1) is 24.0. The van der Waals surface area contributed by atoms with E-state index in [1.54, 1.807) is 56.9 Å². The van der Waals surface area contributed by atoms with Crippen LogP contribution < -0.4 is 42.9 Å². The third kappa shape index (κ3) is 5.73. The molecule has 0 bridgehead atoms. The molecule has 1 heterocycles. The second-order valence-electron chi connectivity index (χ2n) is 11.2. The first kappa shape index (κ1) is 33.1. The normalized spacial score (nSPS) is 14.2. The van der Waals surface area contributed by atoms with Crippen LogP contribution >= 0.6 is 0 Å². The van der Waals surface area contributed by atoms with E-state index in [4.69, 9.17) is 43.0 Å². The van der Waals surface area contributed by atoms with Gasteiger partial charge in [-0.3, -0.25) is 5.01 Å². The summed E-state index contributed by atoms with van der Waals surface area (Å²) in [4.78, 5) is 0. The number of benzene rings is 5. The van der Waals surface area contributed by atoms with E-state index >= 15 is 0 Å². The maximum absolute atomic E-state index is 6.16. The number of fused-ring (bicyclic) bond motifs is 2. The highest BCUT2D eigenvalue weighted by atomic mass is 16.5. The minimum absolute atomic E-state index is 0.247. The molecule has 10 heteroatoms. The SMILES string of the molecule is COc1ccc(OC)c2c(OC)c(/C=C/C3=NN(c4ccccc4)C(c4cc(OC)c5c(OC)ccc(OC)c5c4OC)C3)cc(OC)c12. The monoisotopic (exact) mass is 664 g/mol. The van der Waals surface area contributed by atoms with Crippen LogP contribution in [0.4, 0.5) is 5.69 Å². The summed E-state index contributed by atoms with van der Waals surface area (Å²) < 4.78 is 46.9. The van der Waals surface area contributed by atoms with Gasteiger partial charge in [-0.1, -0.05) is 18.2 Å². The van der Waals surface area contributed by atoms with Crippen LogP contribution in [0.2, 0.25) is 0 Å². The lowest BCUT2D eigenvalue weighted by Crippen LogP contribution is -2.19. The Morgan fingerprint density at radius 2 is 1.02 bits per heavy atom. The smallest absolute Gasteiger partial charge is 0.138 e. The van der Waals surface area contributed by atoms with Gasteiger partial charge in [-0.2, -0.15) is 5.10 Å². The van der Waals surface area contributed by atoms with E-state index in [2.05, 4.69) is 0 Å². The minimum atomic E-state index is -0.247. The molecule has 1 aliphatic rings. The van der Waals surface area contributed by atoms with Crippen LogP contribution in [0, 0.1) is 0 Å². The molecule has 10 nitrogen and oxygen atoms in total. The second-order valence-corrected chi connectivity index (χ2v) is 11.2. The van der Waals surface area contributed by atoms with Gasteiger partial charge in [0.1, 0.15) is 46.0 Å². The van der Waals surface area contributed by atoms with Gasteiger partial charge in [0.15, 0.2) is 0 Å². The summed E-state index contributed by atoms with van der Waals surface area (Å²) in [5.41, 5.74) is 3.44. The van der Waals surface area contributed by atoms with E-state index in [-0.39, 0.29) is 6.04 Å². The maximum Gasteiger partial charge on any atom is 0.138 e. The highest BCUT2D eigenvalue weighted by molar-refractivity contribution is 6.07. The summed E-state index contributed by atoms with van der Waals surface area (Å²) in [5, 5.41) is 10.2. The van der Waals surface area contributed by atoms with E-state index in [1.807, 2.05) is 83.9 Å². The van der Waals surface area contributed by atoms with Crippen LogP contribution in [0.1, 0.15) is 23.6 Å². The Labute approximate surface area is 285 Å². The molecule has 1 unspecified atom stereocenters. The molecule has 5 aromatic carbocycles. The first-order valence-electron chi connectivity index (χ1n) is 15.7. The van der Waals surface area contributed by atoms with E-state index in [1.165, 1.54) is 0 Å². The molecular weight excluding hydrogens is 624 g/mol. The maximum atomic E-state index is 6.16. The van der Waals surface area contributed by atoms with E-state index in [0.29, 0.717) is 52.4 Å². The van der Waals surface area contributed by atoms with Crippen molar-refractivity contribution in [1.82, 2.24) is 0 Å². The Kier molecular flexibility index (Phi) is 9.57.